The lowest BCUT2D eigenvalue weighted by Gasteiger charge is -2.21. The van der Waals surface area contributed by atoms with E-state index >= 15 is 0 Å². The third-order valence-electron chi connectivity index (χ3n) is 2.53. The minimum atomic E-state index is -4.74. The fourth-order valence-corrected chi connectivity index (χ4v) is 1.73. The minimum absolute atomic E-state index is 0.165. The number of rotatable bonds is 2. The molecule has 1 N–H and O–H groups in total. The summed E-state index contributed by atoms with van der Waals surface area (Å²) in [4.78, 5) is 10.5. The van der Waals surface area contributed by atoms with Gasteiger partial charge in [-0.15, -0.1) is 0 Å². The molecule has 0 radical (unpaired) electrons. The second-order valence-corrected chi connectivity index (χ2v) is 3.71. The zero-order valence-electron chi connectivity index (χ0n) is 7.86. The molecule has 1 fully saturated rings. The van der Waals surface area contributed by atoms with Crippen LogP contribution in [0.2, 0.25) is 0 Å². The number of amides is 1. The van der Waals surface area contributed by atoms with Gasteiger partial charge < -0.3 is 5.32 Å². The van der Waals surface area contributed by atoms with Crippen LogP contribution in [-0.4, -0.2) is 18.6 Å². The first kappa shape index (κ1) is 11.3. The fourth-order valence-electron chi connectivity index (χ4n) is 1.73. The molecule has 0 bridgehead atoms. The van der Waals surface area contributed by atoms with E-state index in [0.29, 0.717) is 0 Å². The molecule has 1 saturated carbocycles. The van der Waals surface area contributed by atoms with Gasteiger partial charge in [-0.05, 0) is 18.8 Å². The van der Waals surface area contributed by atoms with Crippen LogP contribution in [0.1, 0.15) is 32.1 Å². The zero-order valence-corrected chi connectivity index (χ0v) is 7.86. The molecular formula is C9H14F3NO. The van der Waals surface area contributed by atoms with Crippen molar-refractivity contribution >= 4 is 5.91 Å². The van der Waals surface area contributed by atoms with Gasteiger partial charge in [0.05, 0.1) is 0 Å². The van der Waals surface area contributed by atoms with Crippen molar-refractivity contribution in [1.82, 2.24) is 5.32 Å². The van der Waals surface area contributed by atoms with E-state index in [-0.39, 0.29) is 12.5 Å². The highest BCUT2D eigenvalue weighted by Crippen LogP contribution is 2.23. The normalized spacial score (nSPS) is 19.4. The highest BCUT2D eigenvalue weighted by atomic mass is 19.4. The van der Waals surface area contributed by atoms with Gasteiger partial charge in [-0.2, -0.15) is 13.2 Å². The standard InChI is InChI=1S/C9H14F3NO/c10-9(11,12)8(14)13-6-7-4-2-1-3-5-7/h7H,1-6H2,(H,13,14). The second kappa shape index (κ2) is 4.66. The van der Waals surface area contributed by atoms with Gasteiger partial charge >= 0.3 is 12.1 Å². The largest absolute Gasteiger partial charge is 0.471 e. The molecule has 0 saturated heterocycles. The van der Waals surface area contributed by atoms with E-state index in [2.05, 4.69) is 0 Å². The molecule has 1 amide bonds. The first-order valence-electron chi connectivity index (χ1n) is 4.85. The topological polar surface area (TPSA) is 29.1 Å². The van der Waals surface area contributed by atoms with Crippen molar-refractivity contribution in [2.45, 2.75) is 38.3 Å². The Kier molecular flexibility index (Phi) is 3.77. The van der Waals surface area contributed by atoms with Crippen LogP contribution in [0, 0.1) is 5.92 Å². The number of halogens is 3. The molecule has 0 aromatic heterocycles. The number of carbonyl (C=O) groups is 1. The summed E-state index contributed by atoms with van der Waals surface area (Å²) in [5, 5.41) is 1.93. The molecule has 1 aliphatic carbocycles. The Morgan fingerprint density at radius 1 is 1.21 bits per heavy atom. The highest BCUT2D eigenvalue weighted by Gasteiger charge is 2.38. The Morgan fingerprint density at radius 3 is 2.29 bits per heavy atom. The third-order valence-corrected chi connectivity index (χ3v) is 2.53. The monoisotopic (exact) mass is 209 g/mol. The molecule has 0 spiro atoms. The van der Waals surface area contributed by atoms with Gasteiger partial charge in [0.25, 0.3) is 0 Å². The van der Waals surface area contributed by atoms with E-state index in [1.165, 1.54) is 0 Å². The summed E-state index contributed by atoms with van der Waals surface area (Å²) in [6.07, 6.45) is 0.397. The number of alkyl halides is 3. The molecule has 14 heavy (non-hydrogen) atoms. The number of carbonyl (C=O) groups excluding carboxylic acids is 1. The first-order valence-corrected chi connectivity index (χ1v) is 4.85. The molecule has 1 aliphatic rings. The fraction of sp³-hybridized carbons (Fsp3) is 0.889. The summed E-state index contributed by atoms with van der Waals surface area (Å²) in [5.41, 5.74) is 0. The number of hydrogen-bond acceptors (Lipinski definition) is 1. The molecule has 0 aromatic carbocycles. The van der Waals surface area contributed by atoms with Crippen LogP contribution in [0.15, 0.2) is 0 Å². The maximum atomic E-state index is 11.8. The van der Waals surface area contributed by atoms with E-state index in [4.69, 9.17) is 0 Å². The Labute approximate surface area is 80.9 Å². The van der Waals surface area contributed by atoms with Crippen molar-refractivity contribution in [3.05, 3.63) is 0 Å². The molecule has 2 nitrogen and oxygen atoms in total. The van der Waals surface area contributed by atoms with Crippen molar-refractivity contribution < 1.29 is 18.0 Å². The molecule has 1 rings (SSSR count). The van der Waals surface area contributed by atoms with Gasteiger partial charge in [0, 0.05) is 6.54 Å². The average Bonchev–Trinajstić information content (AvgIpc) is 2.14. The van der Waals surface area contributed by atoms with Crippen molar-refractivity contribution in [3.63, 3.8) is 0 Å². The lowest BCUT2D eigenvalue weighted by molar-refractivity contribution is -0.173. The first-order chi connectivity index (χ1) is 6.50. The van der Waals surface area contributed by atoms with Gasteiger partial charge in [-0.1, -0.05) is 19.3 Å². The van der Waals surface area contributed by atoms with E-state index in [9.17, 15) is 18.0 Å². The minimum Gasteiger partial charge on any atom is -0.348 e. The van der Waals surface area contributed by atoms with Crippen LogP contribution < -0.4 is 5.32 Å². The van der Waals surface area contributed by atoms with E-state index in [0.717, 1.165) is 32.1 Å². The zero-order chi connectivity index (χ0) is 10.6. The molecule has 5 heteroatoms. The van der Waals surface area contributed by atoms with Gasteiger partial charge in [-0.25, -0.2) is 0 Å². The molecule has 0 unspecified atom stereocenters. The molecule has 0 aliphatic heterocycles. The van der Waals surface area contributed by atoms with Crippen molar-refractivity contribution in [3.8, 4) is 0 Å². The van der Waals surface area contributed by atoms with Crippen molar-refractivity contribution in [1.29, 1.82) is 0 Å². The van der Waals surface area contributed by atoms with Gasteiger partial charge in [0.2, 0.25) is 0 Å². The lowest BCUT2D eigenvalue weighted by atomic mass is 9.89. The summed E-state index contributed by atoms with van der Waals surface area (Å²) in [6, 6.07) is 0. The Morgan fingerprint density at radius 2 is 1.79 bits per heavy atom. The van der Waals surface area contributed by atoms with Crippen LogP contribution >= 0.6 is 0 Å². The Balaban J connectivity index is 2.22. The summed E-state index contributed by atoms with van der Waals surface area (Å²) in [5.74, 6) is -1.59. The van der Waals surface area contributed by atoms with Crippen LogP contribution in [-0.2, 0) is 4.79 Å². The maximum absolute atomic E-state index is 11.8. The summed E-state index contributed by atoms with van der Waals surface area (Å²) in [6.45, 7) is 0.165. The van der Waals surface area contributed by atoms with Gasteiger partial charge in [-0.3, -0.25) is 4.79 Å². The summed E-state index contributed by atoms with van der Waals surface area (Å²) in [7, 11) is 0. The van der Waals surface area contributed by atoms with E-state index in [1.807, 2.05) is 5.32 Å². The van der Waals surface area contributed by atoms with Crippen LogP contribution in [0.25, 0.3) is 0 Å². The quantitative estimate of drug-likeness (QED) is 0.742. The molecule has 0 atom stereocenters. The summed E-state index contributed by atoms with van der Waals surface area (Å²) >= 11 is 0. The Hall–Kier alpha value is -0.740. The van der Waals surface area contributed by atoms with Crippen LogP contribution in [0.5, 0.6) is 0 Å². The molecular weight excluding hydrogens is 195 g/mol. The van der Waals surface area contributed by atoms with E-state index in [1.54, 1.807) is 0 Å². The highest BCUT2D eigenvalue weighted by molar-refractivity contribution is 5.81. The lowest BCUT2D eigenvalue weighted by Crippen LogP contribution is -2.39. The smallest absolute Gasteiger partial charge is 0.348 e. The second-order valence-electron chi connectivity index (χ2n) is 3.71. The predicted octanol–water partition coefficient (Wildman–Crippen LogP) is 2.25. The van der Waals surface area contributed by atoms with Gasteiger partial charge in [0.15, 0.2) is 0 Å². The molecule has 0 aromatic rings. The van der Waals surface area contributed by atoms with E-state index < -0.39 is 12.1 Å². The SMILES string of the molecule is O=C(NCC1CCCCC1)C(F)(F)F. The van der Waals surface area contributed by atoms with Crippen LogP contribution in [0.3, 0.4) is 0 Å². The van der Waals surface area contributed by atoms with Crippen molar-refractivity contribution in [2.24, 2.45) is 5.92 Å². The van der Waals surface area contributed by atoms with Crippen LogP contribution in [0.4, 0.5) is 13.2 Å². The average molecular weight is 209 g/mol. The number of nitrogens with one attached hydrogen (secondary N) is 1. The van der Waals surface area contributed by atoms with Gasteiger partial charge in [0.1, 0.15) is 0 Å². The summed E-state index contributed by atoms with van der Waals surface area (Å²) < 4.78 is 35.4. The Bertz CT molecular complexity index is 197. The number of hydrogen-bond donors (Lipinski definition) is 1. The molecule has 82 valence electrons. The molecule has 0 heterocycles. The maximum Gasteiger partial charge on any atom is 0.471 e. The third kappa shape index (κ3) is 3.55. The predicted molar refractivity (Wildman–Crippen MR) is 45.6 cm³/mol. The van der Waals surface area contributed by atoms with Crippen molar-refractivity contribution in [2.75, 3.05) is 6.54 Å².